The van der Waals surface area contributed by atoms with Crippen molar-refractivity contribution in [2.24, 2.45) is 0 Å². The minimum Gasteiger partial charge on any atom is -0.389 e. The van der Waals surface area contributed by atoms with E-state index in [9.17, 15) is 0 Å². The fourth-order valence-corrected chi connectivity index (χ4v) is 0.732. The number of aliphatic hydroxyl groups excluding tert-OH is 1. The summed E-state index contributed by atoms with van der Waals surface area (Å²) >= 11 is 0. The lowest BCUT2D eigenvalue weighted by molar-refractivity contribution is 0.199. The van der Waals surface area contributed by atoms with Gasteiger partial charge in [-0.2, -0.15) is 0 Å². The van der Waals surface area contributed by atoms with Crippen LogP contribution < -0.4 is 0 Å². The molecule has 1 rings (SSSR count). The second kappa shape index (κ2) is 7.34. The van der Waals surface area contributed by atoms with E-state index < -0.39 is 0 Å². The van der Waals surface area contributed by atoms with E-state index in [1.54, 1.807) is 6.92 Å². The number of hydrogen-bond donors (Lipinski definition) is 1. The zero-order valence-corrected chi connectivity index (χ0v) is 9.49. The third-order valence-electron chi connectivity index (χ3n) is 1.86. The van der Waals surface area contributed by atoms with Gasteiger partial charge in [-0.1, -0.05) is 42.0 Å². The first-order valence-electron chi connectivity index (χ1n) is 4.90. The molecule has 1 aromatic rings. The number of rotatable bonds is 1. The van der Waals surface area contributed by atoms with E-state index >= 15 is 0 Å². The van der Waals surface area contributed by atoms with E-state index in [0.717, 1.165) is 5.56 Å². The number of hydrogen-bond acceptors (Lipinski definition) is 1. The summed E-state index contributed by atoms with van der Waals surface area (Å²) in [6.07, 6.45) is 1.74. The third kappa shape index (κ3) is 6.44. The van der Waals surface area contributed by atoms with Crippen LogP contribution in [0, 0.1) is 0 Å². The second-order valence-corrected chi connectivity index (χ2v) is 3.45. The molecule has 0 amide bonds. The van der Waals surface area contributed by atoms with Gasteiger partial charge in [0.1, 0.15) is 0 Å². The molecule has 0 heterocycles. The molecule has 0 aliphatic rings. The lowest BCUT2D eigenvalue weighted by Gasteiger charge is -2.00. The molecule has 0 radical (unpaired) electrons. The average molecular weight is 192 g/mol. The van der Waals surface area contributed by atoms with Crippen LogP contribution in [0.2, 0.25) is 0 Å². The average Bonchev–Trinajstić information content (AvgIpc) is 2.20. The maximum absolute atomic E-state index is 9.02. The van der Waals surface area contributed by atoms with Gasteiger partial charge in [0.15, 0.2) is 0 Å². The smallest absolute Gasteiger partial charge is 0.0761 e. The molecule has 0 bridgehead atoms. The Morgan fingerprint density at radius 1 is 1.21 bits per heavy atom. The van der Waals surface area contributed by atoms with Gasteiger partial charge in [0.05, 0.1) is 6.10 Å². The Hall–Kier alpha value is -1.08. The van der Waals surface area contributed by atoms with Gasteiger partial charge in [0, 0.05) is 0 Å². The van der Waals surface area contributed by atoms with Crippen LogP contribution in [-0.4, -0.2) is 5.11 Å². The van der Waals surface area contributed by atoms with Crippen molar-refractivity contribution in [2.75, 3.05) is 0 Å². The molecule has 0 saturated carbocycles. The Bertz CT molecular complexity index is 256. The van der Waals surface area contributed by atoms with Crippen molar-refractivity contribution in [3.8, 4) is 0 Å². The molecule has 0 spiro atoms. The molecule has 0 aromatic heterocycles. The summed E-state index contributed by atoms with van der Waals surface area (Å²) in [6.45, 7) is 7.96. The van der Waals surface area contributed by atoms with Crippen molar-refractivity contribution in [3.63, 3.8) is 0 Å². The first-order valence-corrected chi connectivity index (χ1v) is 4.90. The highest BCUT2D eigenvalue weighted by atomic mass is 16.3. The Morgan fingerprint density at radius 3 is 1.86 bits per heavy atom. The minimum atomic E-state index is -0.341. The molecule has 0 fully saturated rings. The minimum absolute atomic E-state index is 0.341. The van der Waals surface area contributed by atoms with Gasteiger partial charge in [0.2, 0.25) is 0 Å². The van der Waals surface area contributed by atoms with Crippen LogP contribution in [0.25, 0.3) is 0 Å². The standard InChI is InChI=1S/C8H10O.C5H10/c1-7(9)8-5-3-2-4-6-8;1-4-5(2)3/h2-7,9H,1H3;4H,1-3H3. The summed E-state index contributed by atoms with van der Waals surface area (Å²) in [5, 5.41) is 9.02. The van der Waals surface area contributed by atoms with Gasteiger partial charge >= 0.3 is 0 Å². The van der Waals surface area contributed by atoms with E-state index in [1.807, 2.05) is 37.3 Å². The van der Waals surface area contributed by atoms with Gasteiger partial charge < -0.3 is 5.11 Å². The van der Waals surface area contributed by atoms with E-state index in [1.165, 1.54) is 5.57 Å². The van der Waals surface area contributed by atoms with Crippen LogP contribution in [-0.2, 0) is 0 Å². The monoisotopic (exact) mass is 192 g/mol. The molecule has 0 aliphatic carbocycles. The van der Waals surface area contributed by atoms with Gasteiger partial charge in [0.25, 0.3) is 0 Å². The lowest BCUT2D eigenvalue weighted by Crippen LogP contribution is -1.87. The topological polar surface area (TPSA) is 20.2 Å². The highest BCUT2D eigenvalue weighted by Crippen LogP contribution is 2.09. The highest BCUT2D eigenvalue weighted by Gasteiger charge is 1.95. The molecular formula is C13H20O. The van der Waals surface area contributed by atoms with E-state index in [-0.39, 0.29) is 6.10 Å². The number of benzene rings is 1. The van der Waals surface area contributed by atoms with Crippen molar-refractivity contribution < 1.29 is 5.11 Å². The van der Waals surface area contributed by atoms with Crippen LogP contribution in [0.3, 0.4) is 0 Å². The van der Waals surface area contributed by atoms with Crippen molar-refractivity contribution in [1.82, 2.24) is 0 Å². The van der Waals surface area contributed by atoms with Crippen molar-refractivity contribution >= 4 is 0 Å². The second-order valence-electron chi connectivity index (χ2n) is 3.45. The van der Waals surface area contributed by atoms with Crippen molar-refractivity contribution in [3.05, 3.63) is 47.5 Å². The Balaban J connectivity index is 0.000000292. The molecule has 0 saturated heterocycles. The van der Waals surface area contributed by atoms with Gasteiger partial charge in [-0.3, -0.25) is 0 Å². The molecule has 1 atom stereocenters. The zero-order valence-electron chi connectivity index (χ0n) is 9.49. The zero-order chi connectivity index (χ0) is 11.0. The third-order valence-corrected chi connectivity index (χ3v) is 1.86. The molecule has 14 heavy (non-hydrogen) atoms. The Morgan fingerprint density at radius 2 is 1.64 bits per heavy atom. The number of allylic oxidation sites excluding steroid dienone is 2. The maximum atomic E-state index is 9.02. The largest absolute Gasteiger partial charge is 0.389 e. The van der Waals surface area contributed by atoms with Gasteiger partial charge in [-0.25, -0.2) is 0 Å². The first kappa shape index (κ1) is 12.9. The summed E-state index contributed by atoms with van der Waals surface area (Å²) in [4.78, 5) is 0. The molecule has 78 valence electrons. The summed E-state index contributed by atoms with van der Waals surface area (Å²) < 4.78 is 0. The first-order chi connectivity index (χ1) is 6.57. The van der Waals surface area contributed by atoms with Crippen molar-refractivity contribution in [2.45, 2.75) is 33.8 Å². The summed E-state index contributed by atoms with van der Waals surface area (Å²) in [5.41, 5.74) is 2.35. The fourth-order valence-electron chi connectivity index (χ4n) is 0.732. The predicted molar refractivity (Wildman–Crippen MR) is 62.2 cm³/mol. The van der Waals surface area contributed by atoms with Crippen molar-refractivity contribution in [1.29, 1.82) is 0 Å². The molecule has 1 N–H and O–H groups in total. The SMILES string of the molecule is CC(O)c1ccccc1.CC=C(C)C. The summed E-state index contributed by atoms with van der Waals surface area (Å²) in [5.74, 6) is 0. The van der Waals surface area contributed by atoms with Crippen LogP contribution >= 0.6 is 0 Å². The highest BCUT2D eigenvalue weighted by molar-refractivity contribution is 5.16. The summed E-state index contributed by atoms with van der Waals surface area (Å²) in [6, 6.07) is 9.59. The molecule has 1 aromatic carbocycles. The predicted octanol–water partition coefficient (Wildman–Crippen LogP) is 3.71. The molecular weight excluding hydrogens is 172 g/mol. The summed E-state index contributed by atoms with van der Waals surface area (Å²) in [7, 11) is 0. The quantitative estimate of drug-likeness (QED) is 0.672. The van der Waals surface area contributed by atoms with Crippen LogP contribution in [0.15, 0.2) is 42.0 Å². The normalized spacial score (nSPS) is 10.9. The van der Waals surface area contributed by atoms with Crippen LogP contribution in [0.5, 0.6) is 0 Å². The van der Waals surface area contributed by atoms with Gasteiger partial charge in [-0.15, -0.1) is 0 Å². The lowest BCUT2D eigenvalue weighted by atomic mass is 10.1. The Kier molecular flexibility index (Phi) is 6.77. The molecule has 1 nitrogen and oxygen atoms in total. The molecule has 1 unspecified atom stereocenters. The maximum Gasteiger partial charge on any atom is 0.0761 e. The molecule has 0 aliphatic heterocycles. The number of aliphatic hydroxyl groups is 1. The van der Waals surface area contributed by atoms with Gasteiger partial charge in [-0.05, 0) is 33.3 Å². The fraction of sp³-hybridized carbons (Fsp3) is 0.385. The van der Waals surface area contributed by atoms with E-state index in [4.69, 9.17) is 5.11 Å². The van der Waals surface area contributed by atoms with Crippen LogP contribution in [0.4, 0.5) is 0 Å². The van der Waals surface area contributed by atoms with E-state index in [0.29, 0.717) is 0 Å². The molecule has 1 heteroatoms. The Labute approximate surface area is 87.1 Å². The van der Waals surface area contributed by atoms with Crippen LogP contribution in [0.1, 0.15) is 39.4 Å². The van der Waals surface area contributed by atoms with E-state index in [2.05, 4.69) is 19.9 Å².